The van der Waals surface area contributed by atoms with E-state index >= 15 is 0 Å². The Morgan fingerprint density at radius 2 is 1.06 bits per heavy atom. The monoisotopic (exact) mass is 256 g/mol. The second-order valence-electron chi connectivity index (χ2n) is 6.85. The van der Waals surface area contributed by atoms with Gasteiger partial charge in [0, 0.05) is 24.0 Å². The molecule has 0 radical (unpaired) electrons. The van der Waals surface area contributed by atoms with Gasteiger partial charge in [0.05, 0.1) is 12.2 Å². The van der Waals surface area contributed by atoms with Crippen LogP contribution in [0, 0.1) is 10.8 Å². The Bertz CT molecular complexity index is 207. The minimum atomic E-state index is 0.144. The minimum Gasteiger partial charge on any atom is -0.377 e. The van der Waals surface area contributed by atoms with E-state index in [9.17, 15) is 0 Å². The topological polar surface area (TPSA) is 18.5 Å². The molecule has 0 spiro atoms. The SMILES string of the molecule is CCCCOC1C(C)(C)C(OCCCC)C1(C)C. The van der Waals surface area contributed by atoms with Crippen molar-refractivity contribution >= 4 is 0 Å². The van der Waals surface area contributed by atoms with E-state index in [-0.39, 0.29) is 10.8 Å². The Kier molecular flexibility index (Phi) is 5.67. The molecule has 0 heterocycles. The highest BCUT2D eigenvalue weighted by molar-refractivity contribution is 5.12. The fourth-order valence-corrected chi connectivity index (χ4v) is 3.65. The van der Waals surface area contributed by atoms with E-state index in [1.807, 2.05) is 0 Å². The van der Waals surface area contributed by atoms with E-state index < -0.39 is 0 Å². The predicted octanol–water partition coefficient (Wildman–Crippen LogP) is 4.42. The molecule has 0 amide bonds. The zero-order valence-corrected chi connectivity index (χ0v) is 13.2. The van der Waals surface area contributed by atoms with Crippen molar-refractivity contribution in [1.82, 2.24) is 0 Å². The third kappa shape index (κ3) is 3.08. The molecule has 1 aliphatic rings. The molecule has 0 saturated heterocycles. The molecule has 18 heavy (non-hydrogen) atoms. The zero-order valence-electron chi connectivity index (χ0n) is 13.2. The number of ether oxygens (including phenoxy) is 2. The van der Waals surface area contributed by atoms with Crippen molar-refractivity contribution in [2.24, 2.45) is 10.8 Å². The molecule has 0 unspecified atom stereocenters. The van der Waals surface area contributed by atoms with Crippen LogP contribution < -0.4 is 0 Å². The smallest absolute Gasteiger partial charge is 0.0726 e. The Morgan fingerprint density at radius 3 is 1.33 bits per heavy atom. The average Bonchev–Trinajstić information content (AvgIpc) is 2.29. The molecule has 1 aliphatic carbocycles. The lowest BCUT2D eigenvalue weighted by atomic mass is 9.51. The molecule has 0 aromatic carbocycles. The fourth-order valence-electron chi connectivity index (χ4n) is 3.65. The number of rotatable bonds is 8. The summed E-state index contributed by atoms with van der Waals surface area (Å²) < 4.78 is 12.2. The summed E-state index contributed by atoms with van der Waals surface area (Å²) >= 11 is 0. The normalized spacial score (nSPS) is 29.0. The standard InChI is InChI=1S/C16H32O2/c1-7-9-11-17-13-15(3,4)14(16(13,5)6)18-12-10-8-2/h13-14H,7-12H2,1-6H3. The first-order valence-electron chi connectivity index (χ1n) is 7.62. The average molecular weight is 256 g/mol. The van der Waals surface area contributed by atoms with Crippen LogP contribution in [0.25, 0.3) is 0 Å². The minimum absolute atomic E-state index is 0.144. The van der Waals surface area contributed by atoms with Crippen LogP contribution in [0.5, 0.6) is 0 Å². The molecule has 108 valence electrons. The van der Waals surface area contributed by atoms with Gasteiger partial charge in [0.25, 0.3) is 0 Å². The summed E-state index contributed by atoms with van der Waals surface area (Å²) in [5.41, 5.74) is 0.288. The van der Waals surface area contributed by atoms with Crippen molar-refractivity contribution in [2.75, 3.05) is 13.2 Å². The molecule has 0 N–H and O–H groups in total. The van der Waals surface area contributed by atoms with Gasteiger partial charge in [0.1, 0.15) is 0 Å². The fraction of sp³-hybridized carbons (Fsp3) is 1.00. The Labute approximate surface area is 113 Å². The summed E-state index contributed by atoms with van der Waals surface area (Å²) in [4.78, 5) is 0. The number of unbranched alkanes of at least 4 members (excludes halogenated alkanes) is 2. The lowest BCUT2D eigenvalue weighted by molar-refractivity contribution is -0.282. The molecule has 1 saturated carbocycles. The lowest BCUT2D eigenvalue weighted by Gasteiger charge is -2.62. The summed E-state index contributed by atoms with van der Waals surface area (Å²) in [5.74, 6) is 0. The van der Waals surface area contributed by atoms with Crippen molar-refractivity contribution < 1.29 is 9.47 Å². The molecule has 1 rings (SSSR count). The highest BCUT2D eigenvalue weighted by Crippen LogP contribution is 2.57. The van der Waals surface area contributed by atoms with Crippen molar-refractivity contribution in [3.05, 3.63) is 0 Å². The first-order valence-corrected chi connectivity index (χ1v) is 7.62. The summed E-state index contributed by atoms with van der Waals surface area (Å²) in [6.07, 6.45) is 5.36. The van der Waals surface area contributed by atoms with Crippen LogP contribution in [0.2, 0.25) is 0 Å². The molecule has 0 aliphatic heterocycles. The van der Waals surface area contributed by atoms with Gasteiger partial charge < -0.3 is 9.47 Å². The van der Waals surface area contributed by atoms with Gasteiger partial charge in [-0.05, 0) is 12.8 Å². The summed E-state index contributed by atoms with van der Waals surface area (Å²) in [6, 6.07) is 0. The number of hydrogen-bond acceptors (Lipinski definition) is 2. The second-order valence-corrected chi connectivity index (χ2v) is 6.85. The summed E-state index contributed by atoms with van der Waals surface area (Å²) in [5, 5.41) is 0. The Balaban J connectivity index is 2.51. The maximum atomic E-state index is 6.11. The van der Waals surface area contributed by atoms with Crippen LogP contribution in [0.1, 0.15) is 67.2 Å². The quantitative estimate of drug-likeness (QED) is 0.598. The van der Waals surface area contributed by atoms with Gasteiger partial charge in [0.2, 0.25) is 0 Å². The van der Waals surface area contributed by atoms with E-state index in [1.165, 1.54) is 12.8 Å². The van der Waals surface area contributed by atoms with Crippen LogP contribution in [-0.4, -0.2) is 25.4 Å². The Morgan fingerprint density at radius 1 is 0.722 bits per heavy atom. The first-order chi connectivity index (χ1) is 8.39. The van der Waals surface area contributed by atoms with Crippen LogP contribution in [0.15, 0.2) is 0 Å². The molecular weight excluding hydrogens is 224 g/mol. The van der Waals surface area contributed by atoms with Crippen molar-refractivity contribution in [3.8, 4) is 0 Å². The van der Waals surface area contributed by atoms with E-state index in [4.69, 9.17) is 9.47 Å². The van der Waals surface area contributed by atoms with Gasteiger partial charge in [-0.1, -0.05) is 54.4 Å². The maximum absolute atomic E-state index is 6.11. The van der Waals surface area contributed by atoms with Crippen molar-refractivity contribution in [3.63, 3.8) is 0 Å². The van der Waals surface area contributed by atoms with Crippen LogP contribution in [-0.2, 0) is 9.47 Å². The lowest BCUT2D eigenvalue weighted by Crippen LogP contribution is -2.69. The molecule has 1 fully saturated rings. The first kappa shape index (κ1) is 16.0. The highest BCUT2D eigenvalue weighted by Gasteiger charge is 2.63. The predicted molar refractivity (Wildman–Crippen MR) is 76.9 cm³/mol. The molecule has 2 heteroatoms. The van der Waals surface area contributed by atoms with Gasteiger partial charge in [-0.25, -0.2) is 0 Å². The summed E-state index contributed by atoms with van der Waals surface area (Å²) in [7, 11) is 0. The number of hydrogen-bond donors (Lipinski definition) is 0. The summed E-state index contributed by atoms with van der Waals surface area (Å²) in [6.45, 7) is 15.3. The zero-order chi connectivity index (χ0) is 13.8. The molecule has 0 aromatic rings. The largest absolute Gasteiger partial charge is 0.377 e. The third-order valence-electron chi connectivity index (χ3n) is 4.27. The molecule has 2 nitrogen and oxygen atoms in total. The van der Waals surface area contributed by atoms with Crippen molar-refractivity contribution in [2.45, 2.75) is 79.4 Å². The van der Waals surface area contributed by atoms with Crippen LogP contribution in [0.3, 0.4) is 0 Å². The van der Waals surface area contributed by atoms with Gasteiger partial charge >= 0.3 is 0 Å². The van der Waals surface area contributed by atoms with Crippen LogP contribution >= 0.6 is 0 Å². The van der Waals surface area contributed by atoms with E-state index in [0.717, 1.165) is 26.1 Å². The molecule has 0 atom stereocenters. The second kappa shape index (κ2) is 6.38. The maximum Gasteiger partial charge on any atom is 0.0726 e. The molecule has 0 aromatic heterocycles. The van der Waals surface area contributed by atoms with Gasteiger partial charge in [-0.3, -0.25) is 0 Å². The molecular formula is C16H32O2. The van der Waals surface area contributed by atoms with Crippen LogP contribution in [0.4, 0.5) is 0 Å². The molecule has 0 bridgehead atoms. The van der Waals surface area contributed by atoms with Gasteiger partial charge in [-0.2, -0.15) is 0 Å². The Hall–Kier alpha value is -0.0800. The van der Waals surface area contributed by atoms with Gasteiger partial charge in [-0.15, -0.1) is 0 Å². The van der Waals surface area contributed by atoms with Crippen molar-refractivity contribution in [1.29, 1.82) is 0 Å². The van der Waals surface area contributed by atoms with E-state index in [0.29, 0.717) is 12.2 Å². The third-order valence-corrected chi connectivity index (χ3v) is 4.27. The van der Waals surface area contributed by atoms with E-state index in [1.54, 1.807) is 0 Å². The highest BCUT2D eigenvalue weighted by atomic mass is 16.5. The van der Waals surface area contributed by atoms with E-state index in [2.05, 4.69) is 41.5 Å². The van der Waals surface area contributed by atoms with Gasteiger partial charge in [0.15, 0.2) is 0 Å².